The largest absolute Gasteiger partial charge is 0.444 e. The first-order chi connectivity index (χ1) is 7.30. The molecule has 1 atom stereocenters. The van der Waals surface area contributed by atoms with Crippen LogP contribution < -0.4 is 0 Å². The molecule has 0 rings (SSSR count). The number of rotatable bonds is 5. The Morgan fingerprint density at radius 1 is 1.44 bits per heavy atom. The maximum absolute atomic E-state index is 11.7. The number of hydrogen-bond donors (Lipinski definition) is 2. The zero-order valence-electron chi connectivity index (χ0n) is 10.6. The molecule has 0 aliphatic heterocycles. The number of carbonyl (C=O) groups excluding carboxylic acids is 1. The van der Waals surface area contributed by atoms with E-state index in [0.29, 0.717) is 6.54 Å². The lowest BCUT2D eigenvalue weighted by Crippen LogP contribution is -2.42. The van der Waals surface area contributed by atoms with Gasteiger partial charge < -0.3 is 19.8 Å². The number of aliphatic hydroxyl groups excluding tert-OH is 2. The summed E-state index contributed by atoms with van der Waals surface area (Å²) in [4.78, 5) is 13.1. The molecule has 5 heteroatoms. The Bertz CT molecular complexity index is 213. The smallest absolute Gasteiger partial charge is 0.410 e. The van der Waals surface area contributed by atoms with E-state index in [9.17, 15) is 9.90 Å². The summed E-state index contributed by atoms with van der Waals surface area (Å²) in [6.07, 6.45) is -0.599. The molecule has 0 aromatic rings. The molecule has 0 aromatic carbocycles. The van der Waals surface area contributed by atoms with E-state index in [0.717, 1.165) is 6.42 Å². The summed E-state index contributed by atoms with van der Waals surface area (Å²) in [6, 6.07) is 0. The van der Waals surface area contributed by atoms with Crippen LogP contribution in [0.3, 0.4) is 0 Å². The number of hydrogen-bond acceptors (Lipinski definition) is 4. The molecule has 16 heavy (non-hydrogen) atoms. The van der Waals surface area contributed by atoms with Crippen molar-refractivity contribution in [3.05, 3.63) is 0 Å². The predicted octanol–water partition coefficient (Wildman–Crippen LogP) is 0.987. The predicted molar refractivity (Wildman–Crippen MR) is 61.2 cm³/mol. The van der Waals surface area contributed by atoms with Crippen LogP contribution in [0, 0.1) is 0 Å². The molecule has 2 N–H and O–H groups in total. The summed E-state index contributed by atoms with van der Waals surface area (Å²) in [7, 11) is 0. The average molecular weight is 233 g/mol. The normalized spacial score (nSPS) is 13.4. The summed E-state index contributed by atoms with van der Waals surface area (Å²) in [5.74, 6) is 0. The summed E-state index contributed by atoms with van der Waals surface area (Å²) >= 11 is 0. The number of nitrogens with zero attached hydrogens (tertiary/aromatic N) is 1. The van der Waals surface area contributed by atoms with E-state index < -0.39 is 17.8 Å². The Hall–Kier alpha value is -0.810. The minimum absolute atomic E-state index is 0.0965. The lowest BCUT2D eigenvalue weighted by atomic mass is 10.2. The van der Waals surface area contributed by atoms with E-state index in [1.165, 1.54) is 4.90 Å². The molecule has 5 nitrogen and oxygen atoms in total. The van der Waals surface area contributed by atoms with Crippen LogP contribution >= 0.6 is 0 Å². The molecule has 0 bridgehead atoms. The van der Waals surface area contributed by atoms with Crippen LogP contribution in [0.2, 0.25) is 0 Å². The van der Waals surface area contributed by atoms with E-state index in [1.54, 1.807) is 20.8 Å². The van der Waals surface area contributed by atoms with Gasteiger partial charge in [0.15, 0.2) is 0 Å². The van der Waals surface area contributed by atoms with Gasteiger partial charge in [0.1, 0.15) is 5.60 Å². The van der Waals surface area contributed by atoms with Crippen LogP contribution in [0.25, 0.3) is 0 Å². The fourth-order valence-corrected chi connectivity index (χ4v) is 1.17. The van der Waals surface area contributed by atoms with Crippen molar-refractivity contribution in [1.82, 2.24) is 4.90 Å². The third-order valence-electron chi connectivity index (χ3n) is 1.79. The molecule has 0 saturated carbocycles. The van der Waals surface area contributed by atoms with Gasteiger partial charge in [-0.05, 0) is 27.2 Å². The van der Waals surface area contributed by atoms with Gasteiger partial charge >= 0.3 is 6.09 Å². The first-order valence-electron chi connectivity index (χ1n) is 5.57. The van der Waals surface area contributed by atoms with Crippen molar-refractivity contribution in [2.24, 2.45) is 0 Å². The van der Waals surface area contributed by atoms with Gasteiger partial charge in [-0.1, -0.05) is 6.92 Å². The van der Waals surface area contributed by atoms with Gasteiger partial charge in [-0.2, -0.15) is 0 Å². The second kappa shape index (κ2) is 6.70. The quantitative estimate of drug-likeness (QED) is 0.743. The summed E-state index contributed by atoms with van der Waals surface area (Å²) in [5.41, 5.74) is -0.548. The minimum Gasteiger partial charge on any atom is -0.444 e. The third-order valence-corrected chi connectivity index (χ3v) is 1.79. The maximum Gasteiger partial charge on any atom is 0.410 e. The van der Waals surface area contributed by atoms with Crippen molar-refractivity contribution in [3.63, 3.8) is 0 Å². The Morgan fingerprint density at radius 2 is 2.00 bits per heavy atom. The molecule has 0 spiro atoms. The van der Waals surface area contributed by atoms with Crippen LogP contribution in [-0.4, -0.2) is 52.6 Å². The van der Waals surface area contributed by atoms with E-state index >= 15 is 0 Å². The van der Waals surface area contributed by atoms with Gasteiger partial charge in [0.05, 0.1) is 19.3 Å². The first-order valence-corrected chi connectivity index (χ1v) is 5.57. The van der Waals surface area contributed by atoms with Crippen molar-refractivity contribution >= 4 is 6.09 Å². The summed E-state index contributed by atoms with van der Waals surface area (Å²) in [5, 5.41) is 18.0. The molecule has 1 amide bonds. The fourth-order valence-electron chi connectivity index (χ4n) is 1.17. The average Bonchev–Trinajstić information content (AvgIpc) is 2.14. The van der Waals surface area contributed by atoms with Crippen LogP contribution in [0.5, 0.6) is 0 Å². The Balaban J connectivity index is 4.34. The lowest BCUT2D eigenvalue weighted by molar-refractivity contribution is 0.00747. The molecular formula is C11H23NO4. The molecule has 0 radical (unpaired) electrons. The molecular weight excluding hydrogens is 210 g/mol. The zero-order chi connectivity index (χ0) is 12.8. The van der Waals surface area contributed by atoms with Gasteiger partial charge in [-0.3, -0.25) is 0 Å². The van der Waals surface area contributed by atoms with Crippen LogP contribution in [0.1, 0.15) is 34.1 Å². The van der Waals surface area contributed by atoms with Crippen LogP contribution in [0.15, 0.2) is 0 Å². The molecule has 0 fully saturated rings. The second-order valence-corrected chi connectivity index (χ2v) is 4.76. The number of ether oxygens (including phenoxy) is 1. The van der Waals surface area contributed by atoms with E-state index in [1.807, 2.05) is 6.92 Å². The Kier molecular flexibility index (Phi) is 6.36. The van der Waals surface area contributed by atoms with Gasteiger partial charge in [0.25, 0.3) is 0 Å². The molecule has 96 valence electrons. The number of amides is 1. The van der Waals surface area contributed by atoms with Crippen molar-refractivity contribution in [1.29, 1.82) is 0 Å². The highest BCUT2D eigenvalue weighted by molar-refractivity contribution is 5.68. The molecule has 0 aliphatic carbocycles. The van der Waals surface area contributed by atoms with Crippen molar-refractivity contribution in [2.45, 2.75) is 45.8 Å². The highest BCUT2D eigenvalue weighted by atomic mass is 16.6. The highest BCUT2D eigenvalue weighted by Gasteiger charge is 2.23. The van der Waals surface area contributed by atoms with Gasteiger partial charge in [0.2, 0.25) is 0 Å². The van der Waals surface area contributed by atoms with Crippen molar-refractivity contribution in [2.75, 3.05) is 19.7 Å². The summed E-state index contributed by atoms with van der Waals surface area (Å²) < 4.78 is 5.19. The molecule has 0 aliphatic rings. The highest BCUT2D eigenvalue weighted by Crippen LogP contribution is 2.10. The van der Waals surface area contributed by atoms with Crippen molar-refractivity contribution in [3.8, 4) is 0 Å². The van der Waals surface area contributed by atoms with Gasteiger partial charge in [-0.15, -0.1) is 0 Å². The second-order valence-electron chi connectivity index (χ2n) is 4.76. The monoisotopic (exact) mass is 233 g/mol. The van der Waals surface area contributed by atoms with Gasteiger partial charge in [0, 0.05) is 6.54 Å². The molecule has 0 saturated heterocycles. The van der Waals surface area contributed by atoms with E-state index in [4.69, 9.17) is 9.84 Å². The van der Waals surface area contributed by atoms with E-state index in [2.05, 4.69) is 0 Å². The number of carbonyl (C=O) groups is 1. The Morgan fingerprint density at radius 3 is 2.38 bits per heavy atom. The topological polar surface area (TPSA) is 70.0 Å². The van der Waals surface area contributed by atoms with Crippen LogP contribution in [0.4, 0.5) is 4.79 Å². The maximum atomic E-state index is 11.7. The van der Waals surface area contributed by atoms with E-state index in [-0.39, 0.29) is 13.2 Å². The Labute approximate surface area is 97.0 Å². The standard InChI is InChI=1S/C11H23NO4/c1-5-6-12(7-9(14)8-13)10(15)16-11(2,3)4/h9,13-14H,5-8H2,1-4H3/t9-/m1/s1. The zero-order valence-corrected chi connectivity index (χ0v) is 10.6. The first kappa shape index (κ1) is 15.2. The third kappa shape index (κ3) is 6.63. The molecule has 0 unspecified atom stereocenters. The SMILES string of the molecule is CCCN(C[C@@H](O)CO)C(=O)OC(C)(C)C. The lowest BCUT2D eigenvalue weighted by Gasteiger charge is -2.28. The molecule has 0 aromatic heterocycles. The fraction of sp³-hybridized carbons (Fsp3) is 0.909. The van der Waals surface area contributed by atoms with Gasteiger partial charge in [-0.25, -0.2) is 4.79 Å². The van der Waals surface area contributed by atoms with Crippen molar-refractivity contribution < 1.29 is 19.7 Å². The summed E-state index contributed by atoms with van der Waals surface area (Å²) in [6.45, 7) is 7.55. The molecule has 0 heterocycles. The minimum atomic E-state index is -0.918. The number of aliphatic hydroxyl groups is 2. The van der Waals surface area contributed by atoms with Crippen LogP contribution in [-0.2, 0) is 4.74 Å².